The predicted octanol–water partition coefficient (Wildman–Crippen LogP) is 4.77. The first kappa shape index (κ1) is 20.1. The number of halogens is 2. The second-order valence-corrected chi connectivity index (χ2v) is 8.90. The molecule has 0 heterocycles. The van der Waals surface area contributed by atoms with Crippen LogP contribution in [0.15, 0.2) is 44.2 Å². The van der Waals surface area contributed by atoms with Gasteiger partial charge in [0.05, 0.1) is 10.5 Å². The molecule has 5 nitrogen and oxygen atoms in total. The fourth-order valence-electron chi connectivity index (χ4n) is 2.26. The molecule has 8 heteroatoms. The number of benzene rings is 2. The maximum absolute atomic E-state index is 12.4. The number of carbonyl (C=O) groups is 1. The number of hydrogen-bond acceptors (Lipinski definition) is 5. The van der Waals surface area contributed by atoms with Gasteiger partial charge in [0.15, 0.2) is 0 Å². The molecule has 25 heavy (non-hydrogen) atoms. The van der Waals surface area contributed by atoms with Crippen molar-refractivity contribution >= 4 is 47.9 Å². The van der Waals surface area contributed by atoms with Gasteiger partial charge in [0, 0.05) is 8.95 Å². The Morgan fingerprint density at radius 3 is 2.36 bits per heavy atom. The normalized spacial score (nSPS) is 11.6. The maximum atomic E-state index is 12.4. The van der Waals surface area contributed by atoms with Crippen molar-refractivity contribution in [2.45, 2.75) is 31.6 Å². The average molecular weight is 491 g/mol. The molecule has 0 aliphatic heterocycles. The summed E-state index contributed by atoms with van der Waals surface area (Å²) in [4.78, 5) is 12.2. The van der Waals surface area contributed by atoms with Crippen molar-refractivity contribution in [2.24, 2.45) is 0 Å². The molecule has 0 radical (unpaired) electrons. The Labute approximate surface area is 163 Å². The summed E-state index contributed by atoms with van der Waals surface area (Å²) in [5.74, 6) is -0.605. The van der Waals surface area contributed by atoms with Gasteiger partial charge in [-0.15, -0.1) is 0 Å². The first-order valence-corrected chi connectivity index (χ1v) is 10.3. The van der Waals surface area contributed by atoms with Crippen molar-refractivity contribution in [1.29, 1.82) is 0 Å². The van der Waals surface area contributed by atoms with Gasteiger partial charge in [0.1, 0.15) is 15.9 Å². The Balaban J connectivity index is 2.48. The van der Waals surface area contributed by atoms with E-state index >= 15 is 0 Å². The molecule has 0 saturated heterocycles. The van der Waals surface area contributed by atoms with E-state index in [1.165, 1.54) is 12.1 Å². The van der Waals surface area contributed by atoms with Crippen LogP contribution in [-0.2, 0) is 10.1 Å². The summed E-state index contributed by atoms with van der Waals surface area (Å²) in [5, 5.41) is 0. The SMILES string of the molecule is Cc1cc(S(=O)(=O)[O-])c(C(C)C)cc1OC(=O)c1cc(Br)ccc1Br. The topological polar surface area (TPSA) is 83.5 Å². The van der Waals surface area contributed by atoms with E-state index in [9.17, 15) is 17.8 Å². The number of aryl methyl sites for hydroxylation is 1. The molecule has 0 saturated carbocycles. The van der Waals surface area contributed by atoms with E-state index in [2.05, 4.69) is 31.9 Å². The van der Waals surface area contributed by atoms with Crippen LogP contribution in [0.3, 0.4) is 0 Å². The van der Waals surface area contributed by atoms with E-state index in [0.29, 0.717) is 21.2 Å². The zero-order valence-electron chi connectivity index (χ0n) is 13.7. The van der Waals surface area contributed by atoms with Crippen molar-refractivity contribution < 1.29 is 22.5 Å². The average Bonchev–Trinajstić information content (AvgIpc) is 2.49. The molecule has 2 aromatic rings. The van der Waals surface area contributed by atoms with Crippen LogP contribution in [0.2, 0.25) is 0 Å². The first-order valence-electron chi connectivity index (χ1n) is 7.28. The number of hydrogen-bond donors (Lipinski definition) is 0. The van der Waals surface area contributed by atoms with Crippen LogP contribution < -0.4 is 4.74 Å². The number of rotatable bonds is 4. The minimum atomic E-state index is -4.61. The third-order valence-corrected chi connectivity index (χ3v) is 5.63. The standard InChI is InChI=1S/C17H16Br2O5S/c1-9(2)12-8-15(10(3)6-16(12)25(21,22)23)24-17(20)13-7-11(18)4-5-14(13)19/h4-9H,1-3H3,(H,21,22,23)/p-1. The minimum Gasteiger partial charge on any atom is -0.744 e. The Hall–Kier alpha value is -1.22. The smallest absolute Gasteiger partial charge is 0.344 e. The van der Waals surface area contributed by atoms with Gasteiger partial charge in [-0.05, 0) is 70.2 Å². The highest BCUT2D eigenvalue weighted by molar-refractivity contribution is 9.11. The second-order valence-electron chi connectivity index (χ2n) is 5.78. The molecule has 0 aromatic heterocycles. The van der Waals surface area contributed by atoms with Crippen molar-refractivity contribution in [1.82, 2.24) is 0 Å². The van der Waals surface area contributed by atoms with Gasteiger partial charge in [-0.1, -0.05) is 29.8 Å². The van der Waals surface area contributed by atoms with Crippen molar-refractivity contribution in [2.75, 3.05) is 0 Å². The van der Waals surface area contributed by atoms with Crippen molar-refractivity contribution in [3.8, 4) is 5.75 Å². The first-order chi connectivity index (χ1) is 11.5. The Morgan fingerprint density at radius 2 is 1.80 bits per heavy atom. The van der Waals surface area contributed by atoms with Gasteiger partial charge < -0.3 is 9.29 Å². The molecule has 0 N–H and O–H groups in total. The summed E-state index contributed by atoms with van der Waals surface area (Å²) < 4.78 is 41.1. The van der Waals surface area contributed by atoms with Crippen molar-refractivity contribution in [3.05, 3.63) is 56.0 Å². The zero-order chi connectivity index (χ0) is 18.9. The van der Waals surface area contributed by atoms with Gasteiger partial charge >= 0.3 is 5.97 Å². The fourth-order valence-corrected chi connectivity index (χ4v) is 3.94. The van der Waals surface area contributed by atoms with E-state index < -0.39 is 16.1 Å². The van der Waals surface area contributed by atoms with Gasteiger partial charge in [0.25, 0.3) is 0 Å². The van der Waals surface area contributed by atoms with E-state index in [-0.39, 0.29) is 16.6 Å². The van der Waals surface area contributed by atoms with Crippen LogP contribution in [-0.4, -0.2) is 18.9 Å². The quantitative estimate of drug-likeness (QED) is 0.350. The lowest BCUT2D eigenvalue weighted by atomic mass is 10.0. The number of esters is 1. The molecule has 0 atom stereocenters. The lowest BCUT2D eigenvalue weighted by molar-refractivity contribution is 0.0732. The monoisotopic (exact) mass is 489 g/mol. The molecule has 0 aliphatic carbocycles. The highest BCUT2D eigenvalue weighted by Crippen LogP contribution is 2.32. The minimum absolute atomic E-state index is 0.216. The molecule has 0 aliphatic rings. The van der Waals surface area contributed by atoms with Gasteiger partial charge in [-0.2, -0.15) is 0 Å². The maximum Gasteiger partial charge on any atom is 0.344 e. The van der Waals surface area contributed by atoms with Crippen LogP contribution in [0, 0.1) is 6.92 Å². The largest absolute Gasteiger partial charge is 0.744 e. The Bertz CT molecular complexity index is 936. The lowest BCUT2D eigenvalue weighted by Gasteiger charge is -2.19. The van der Waals surface area contributed by atoms with E-state index in [0.717, 1.165) is 4.47 Å². The molecule has 0 fully saturated rings. The van der Waals surface area contributed by atoms with Crippen molar-refractivity contribution in [3.63, 3.8) is 0 Å². The molecule has 0 bridgehead atoms. The van der Waals surface area contributed by atoms with Crippen LogP contribution in [0.4, 0.5) is 0 Å². The van der Waals surface area contributed by atoms with E-state index in [4.69, 9.17) is 4.74 Å². The summed E-state index contributed by atoms with van der Waals surface area (Å²) >= 11 is 6.59. The molecular formula is C17H15Br2O5S-. The summed E-state index contributed by atoms with van der Waals surface area (Å²) in [6, 6.07) is 7.78. The number of carbonyl (C=O) groups excluding carboxylic acids is 1. The van der Waals surface area contributed by atoms with E-state index in [1.54, 1.807) is 39.0 Å². The highest BCUT2D eigenvalue weighted by Gasteiger charge is 2.19. The molecule has 0 unspecified atom stereocenters. The summed E-state index contributed by atoms with van der Waals surface area (Å²) in [6.07, 6.45) is 0. The third kappa shape index (κ3) is 4.69. The van der Waals surface area contributed by atoms with Gasteiger partial charge in [-0.25, -0.2) is 13.2 Å². The molecule has 2 aromatic carbocycles. The summed E-state index contributed by atoms with van der Waals surface area (Å²) in [6.45, 7) is 5.10. The third-order valence-electron chi connectivity index (χ3n) is 3.55. The van der Waals surface area contributed by atoms with Crippen LogP contribution in [0.5, 0.6) is 5.75 Å². The fraction of sp³-hybridized carbons (Fsp3) is 0.235. The van der Waals surface area contributed by atoms with Crippen LogP contribution in [0.25, 0.3) is 0 Å². The molecule has 2 rings (SSSR count). The molecule has 0 amide bonds. The lowest BCUT2D eigenvalue weighted by Crippen LogP contribution is -2.12. The summed E-state index contributed by atoms with van der Waals surface area (Å²) in [7, 11) is -4.61. The zero-order valence-corrected chi connectivity index (χ0v) is 17.7. The van der Waals surface area contributed by atoms with Crippen LogP contribution >= 0.6 is 31.9 Å². The highest BCUT2D eigenvalue weighted by atomic mass is 79.9. The summed E-state index contributed by atoms with van der Waals surface area (Å²) in [5.41, 5.74) is 1.02. The van der Waals surface area contributed by atoms with Gasteiger partial charge in [-0.3, -0.25) is 0 Å². The van der Waals surface area contributed by atoms with Gasteiger partial charge in [0.2, 0.25) is 0 Å². The Kier molecular flexibility index (Phi) is 6.09. The second kappa shape index (κ2) is 7.57. The molecular weight excluding hydrogens is 476 g/mol. The predicted molar refractivity (Wildman–Crippen MR) is 100 cm³/mol. The van der Waals surface area contributed by atoms with Crippen LogP contribution in [0.1, 0.15) is 41.3 Å². The Morgan fingerprint density at radius 1 is 1.16 bits per heavy atom. The molecule has 134 valence electrons. The number of ether oxygens (including phenoxy) is 1. The van der Waals surface area contributed by atoms with E-state index in [1.807, 2.05) is 0 Å². The molecule has 0 spiro atoms.